The molecule has 5 nitrogen and oxygen atoms in total. The van der Waals surface area contributed by atoms with Gasteiger partial charge in [0.05, 0.1) is 0 Å². The molecular weight excluding hydrogens is 178 g/mol. The van der Waals surface area contributed by atoms with Gasteiger partial charge in [-0.25, -0.2) is 0 Å². The first-order valence-corrected chi connectivity index (χ1v) is 4.40. The van der Waals surface area contributed by atoms with Crippen LogP contribution in [-0.2, 0) is 6.54 Å². The number of aromatic nitrogens is 4. The van der Waals surface area contributed by atoms with Gasteiger partial charge in [-0.2, -0.15) is 0 Å². The average molecular weight is 189 g/mol. The normalized spacial score (nSPS) is 10.4. The van der Waals surface area contributed by atoms with Crippen LogP contribution in [0, 0.1) is 0 Å². The predicted molar refractivity (Wildman–Crippen MR) is 52.3 cm³/mol. The van der Waals surface area contributed by atoms with Crippen LogP contribution >= 0.6 is 0 Å². The summed E-state index contributed by atoms with van der Waals surface area (Å²) in [4.78, 5) is 4.03. The fraction of sp³-hybridized carbons (Fsp3) is 0.222. The Kier molecular flexibility index (Phi) is 2.51. The van der Waals surface area contributed by atoms with Crippen LogP contribution in [0.25, 0.3) is 11.4 Å². The van der Waals surface area contributed by atoms with Gasteiger partial charge in [-0.15, -0.1) is 10.2 Å². The molecule has 72 valence electrons. The van der Waals surface area contributed by atoms with Crippen molar-refractivity contribution in [1.29, 1.82) is 0 Å². The van der Waals surface area contributed by atoms with E-state index in [1.807, 2.05) is 16.7 Å². The zero-order valence-electron chi connectivity index (χ0n) is 7.67. The third kappa shape index (κ3) is 1.62. The Balaban J connectivity index is 2.37. The van der Waals surface area contributed by atoms with Crippen molar-refractivity contribution >= 4 is 0 Å². The Bertz CT molecular complexity index is 395. The molecule has 2 aromatic heterocycles. The van der Waals surface area contributed by atoms with Crippen molar-refractivity contribution < 1.29 is 0 Å². The van der Waals surface area contributed by atoms with Crippen LogP contribution in [0.3, 0.4) is 0 Å². The van der Waals surface area contributed by atoms with Crippen LogP contribution in [0.5, 0.6) is 0 Å². The lowest BCUT2D eigenvalue weighted by Crippen LogP contribution is -2.10. The minimum atomic E-state index is 0.575. The summed E-state index contributed by atoms with van der Waals surface area (Å²) in [6, 6.07) is 3.82. The standard InChI is InChI=1S/C9H11N5/c10-3-5-14-7-12-13-9(14)8-2-1-4-11-6-8/h1-2,4,6-7H,3,5,10H2. The van der Waals surface area contributed by atoms with Crippen molar-refractivity contribution in [2.45, 2.75) is 6.54 Å². The predicted octanol–water partition coefficient (Wildman–Crippen LogP) is 0.299. The van der Waals surface area contributed by atoms with E-state index in [-0.39, 0.29) is 0 Å². The van der Waals surface area contributed by atoms with E-state index >= 15 is 0 Å². The largest absolute Gasteiger partial charge is 0.329 e. The maximum atomic E-state index is 5.47. The highest BCUT2D eigenvalue weighted by Crippen LogP contribution is 2.13. The minimum Gasteiger partial charge on any atom is -0.329 e. The summed E-state index contributed by atoms with van der Waals surface area (Å²) in [5.41, 5.74) is 6.43. The Morgan fingerprint density at radius 2 is 2.36 bits per heavy atom. The fourth-order valence-corrected chi connectivity index (χ4v) is 1.28. The molecule has 2 N–H and O–H groups in total. The summed E-state index contributed by atoms with van der Waals surface area (Å²) in [5, 5.41) is 7.87. The van der Waals surface area contributed by atoms with Crippen LogP contribution in [0.15, 0.2) is 30.9 Å². The highest BCUT2D eigenvalue weighted by molar-refractivity contribution is 5.52. The van der Waals surface area contributed by atoms with Gasteiger partial charge in [0, 0.05) is 31.0 Å². The molecule has 0 amide bonds. The number of hydrogen-bond acceptors (Lipinski definition) is 4. The van der Waals surface area contributed by atoms with Crippen molar-refractivity contribution in [2.24, 2.45) is 5.73 Å². The average Bonchev–Trinajstić information content (AvgIpc) is 2.68. The van der Waals surface area contributed by atoms with E-state index in [2.05, 4.69) is 15.2 Å². The van der Waals surface area contributed by atoms with Crippen molar-refractivity contribution in [3.8, 4) is 11.4 Å². The molecule has 14 heavy (non-hydrogen) atoms. The summed E-state index contributed by atoms with van der Waals surface area (Å²) in [7, 11) is 0. The molecule has 0 aliphatic rings. The van der Waals surface area contributed by atoms with Crippen LogP contribution in [0.2, 0.25) is 0 Å². The Hall–Kier alpha value is -1.75. The third-order valence-electron chi connectivity index (χ3n) is 1.91. The van der Waals surface area contributed by atoms with Gasteiger partial charge in [0.15, 0.2) is 5.82 Å². The van der Waals surface area contributed by atoms with Gasteiger partial charge in [-0.05, 0) is 12.1 Å². The van der Waals surface area contributed by atoms with E-state index in [1.165, 1.54) is 0 Å². The second-order valence-corrected chi connectivity index (χ2v) is 2.88. The number of nitrogens with zero attached hydrogens (tertiary/aromatic N) is 4. The highest BCUT2D eigenvalue weighted by atomic mass is 15.3. The number of pyridine rings is 1. The van der Waals surface area contributed by atoms with Crippen molar-refractivity contribution in [3.05, 3.63) is 30.9 Å². The van der Waals surface area contributed by atoms with Gasteiger partial charge in [0.1, 0.15) is 6.33 Å². The first kappa shape index (κ1) is 8.83. The van der Waals surface area contributed by atoms with E-state index in [1.54, 1.807) is 18.7 Å². The Morgan fingerprint density at radius 1 is 1.43 bits per heavy atom. The number of hydrogen-bond donors (Lipinski definition) is 1. The topological polar surface area (TPSA) is 69.6 Å². The molecule has 2 aromatic rings. The quantitative estimate of drug-likeness (QED) is 0.753. The van der Waals surface area contributed by atoms with Gasteiger partial charge in [-0.1, -0.05) is 0 Å². The van der Waals surface area contributed by atoms with E-state index in [0.29, 0.717) is 6.54 Å². The van der Waals surface area contributed by atoms with Crippen LogP contribution < -0.4 is 5.73 Å². The molecule has 0 spiro atoms. The molecule has 0 radical (unpaired) electrons. The second kappa shape index (κ2) is 3.97. The van der Waals surface area contributed by atoms with E-state index < -0.39 is 0 Å². The first-order valence-electron chi connectivity index (χ1n) is 4.40. The Labute approximate surface area is 81.6 Å². The molecule has 0 fully saturated rings. The maximum absolute atomic E-state index is 5.47. The van der Waals surface area contributed by atoms with Gasteiger partial charge < -0.3 is 10.3 Å². The zero-order chi connectivity index (χ0) is 9.80. The molecular formula is C9H11N5. The minimum absolute atomic E-state index is 0.575. The van der Waals surface area contributed by atoms with Crippen molar-refractivity contribution in [3.63, 3.8) is 0 Å². The molecule has 5 heteroatoms. The van der Waals surface area contributed by atoms with Crippen LogP contribution in [0.1, 0.15) is 0 Å². The molecule has 0 aliphatic heterocycles. The first-order chi connectivity index (χ1) is 6.92. The number of rotatable bonds is 3. The molecule has 0 aromatic carbocycles. The third-order valence-corrected chi connectivity index (χ3v) is 1.91. The molecule has 0 atom stereocenters. The smallest absolute Gasteiger partial charge is 0.165 e. The van der Waals surface area contributed by atoms with Gasteiger partial charge in [0.2, 0.25) is 0 Å². The summed E-state index contributed by atoms with van der Waals surface area (Å²) < 4.78 is 1.91. The van der Waals surface area contributed by atoms with E-state index in [9.17, 15) is 0 Å². The molecule has 0 saturated heterocycles. The summed E-state index contributed by atoms with van der Waals surface area (Å²) in [6.07, 6.45) is 5.17. The molecule has 0 bridgehead atoms. The summed E-state index contributed by atoms with van der Waals surface area (Å²) in [5.74, 6) is 0.809. The zero-order valence-corrected chi connectivity index (χ0v) is 7.67. The highest BCUT2D eigenvalue weighted by Gasteiger charge is 2.05. The monoisotopic (exact) mass is 189 g/mol. The molecule has 0 unspecified atom stereocenters. The van der Waals surface area contributed by atoms with Gasteiger partial charge in [-0.3, -0.25) is 4.98 Å². The van der Waals surface area contributed by atoms with E-state index in [4.69, 9.17) is 5.73 Å². The molecule has 0 saturated carbocycles. The summed E-state index contributed by atoms with van der Waals surface area (Å²) >= 11 is 0. The fourth-order valence-electron chi connectivity index (χ4n) is 1.28. The lowest BCUT2D eigenvalue weighted by Gasteiger charge is -2.03. The van der Waals surface area contributed by atoms with Crippen molar-refractivity contribution in [2.75, 3.05) is 6.54 Å². The second-order valence-electron chi connectivity index (χ2n) is 2.88. The Morgan fingerprint density at radius 3 is 3.07 bits per heavy atom. The van der Waals surface area contributed by atoms with Crippen LogP contribution in [-0.4, -0.2) is 26.3 Å². The maximum Gasteiger partial charge on any atom is 0.165 e. The van der Waals surface area contributed by atoms with Crippen LogP contribution in [0.4, 0.5) is 0 Å². The van der Waals surface area contributed by atoms with Gasteiger partial charge in [0.25, 0.3) is 0 Å². The van der Waals surface area contributed by atoms with Crippen molar-refractivity contribution in [1.82, 2.24) is 19.7 Å². The molecule has 2 heterocycles. The lowest BCUT2D eigenvalue weighted by atomic mass is 10.3. The lowest BCUT2D eigenvalue weighted by molar-refractivity contribution is 0.712. The molecule has 0 aliphatic carbocycles. The van der Waals surface area contributed by atoms with Gasteiger partial charge >= 0.3 is 0 Å². The SMILES string of the molecule is NCCn1cnnc1-c1cccnc1. The van der Waals surface area contributed by atoms with E-state index in [0.717, 1.165) is 17.9 Å². The number of nitrogens with two attached hydrogens (primary N) is 1. The molecule has 2 rings (SSSR count). The summed E-state index contributed by atoms with van der Waals surface area (Å²) in [6.45, 7) is 1.29.